The summed E-state index contributed by atoms with van der Waals surface area (Å²) < 4.78 is 5.88. The molecule has 2 saturated heterocycles. The van der Waals surface area contributed by atoms with E-state index in [1.807, 2.05) is 11.7 Å². The van der Waals surface area contributed by atoms with Crippen molar-refractivity contribution in [1.82, 2.24) is 10.4 Å². The van der Waals surface area contributed by atoms with E-state index < -0.39 is 0 Å². The second-order valence-electron chi connectivity index (χ2n) is 4.72. The number of hydrazine groups is 1. The number of hydrogen-bond acceptors (Lipinski definition) is 5. The fraction of sp³-hybridized carbons (Fsp3) is 0.727. The van der Waals surface area contributed by atoms with Gasteiger partial charge in [-0.05, 0) is 19.3 Å². The summed E-state index contributed by atoms with van der Waals surface area (Å²) in [6.07, 6.45) is 7.43. The van der Waals surface area contributed by atoms with Gasteiger partial charge in [-0.3, -0.25) is 16.3 Å². The highest BCUT2D eigenvalue weighted by molar-refractivity contribution is 7.09. The van der Waals surface area contributed by atoms with Crippen molar-refractivity contribution in [2.24, 2.45) is 11.8 Å². The number of fused-ring (bicyclic) bond motifs is 2. The third-order valence-electron chi connectivity index (χ3n) is 3.79. The van der Waals surface area contributed by atoms with Gasteiger partial charge in [0.2, 0.25) is 0 Å². The van der Waals surface area contributed by atoms with Crippen LogP contribution in [0.2, 0.25) is 0 Å². The first-order valence-corrected chi connectivity index (χ1v) is 6.73. The monoisotopic (exact) mass is 239 g/mol. The summed E-state index contributed by atoms with van der Waals surface area (Å²) in [6.45, 7) is 0. The fourth-order valence-corrected chi connectivity index (χ4v) is 3.65. The second-order valence-corrected chi connectivity index (χ2v) is 5.69. The van der Waals surface area contributed by atoms with E-state index in [9.17, 15) is 0 Å². The first-order valence-electron chi connectivity index (χ1n) is 5.86. The van der Waals surface area contributed by atoms with Crippen molar-refractivity contribution >= 4 is 11.3 Å². The van der Waals surface area contributed by atoms with Gasteiger partial charge in [-0.2, -0.15) is 0 Å². The number of thiazole rings is 1. The van der Waals surface area contributed by atoms with E-state index in [1.165, 1.54) is 24.1 Å². The first kappa shape index (κ1) is 10.7. The van der Waals surface area contributed by atoms with Crippen molar-refractivity contribution in [3.8, 4) is 0 Å². The van der Waals surface area contributed by atoms with Crippen LogP contribution >= 0.6 is 11.3 Å². The van der Waals surface area contributed by atoms with Gasteiger partial charge in [0.05, 0.1) is 17.7 Å². The zero-order valence-electron chi connectivity index (χ0n) is 9.13. The SMILES string of the molecule is NNC(Cc1cncs1)C1CC2CCC1O2. The molecule has 1 aromatic heterocycles. The van der Waals surface area contributed by atoms with Crippen LogP contribution < -0.4 is 11.3 Å². The Kier molecular flexibility index (Phi) is 2.93. The van der Waals surface area contributed by atoms with Crippen LogP contribution in [0.3, 0.4) is 0 Å². The average molecular weight is 239 g/mol. The van der Waals surface area contributed by atoms with Crippen LogP contribution in [0.15, 0.2) is 11.7 Å². The summed E-state index contributed by atoms with van der Waals surface area (Å²) in [5.41, 5.74) is 4.84. The van der Waals surface area contributed by atoms with E-state index in [1.54, 1.807) is 11.3 Å². The van der Waals surface area contributed by atoms with E-state index in [-0.39, 0.29) is 0 Å². The van der Waals surface area contributed by atoms with E-state index in [0.29, 0.717) is 24.2 Å². The summed E-state index contributed by atoms with van der Waals surface area (Å²) in [4.78, 5) is 5.40. The minimum Gasteiger partial charge on any atom is -0.375 e. The lowest BCUT2D eigenvalue weighted by molar-refractivity contribution is 0.0858. The highest BCUT2D eigenvalue weighted by atomic mass is 32.1. The minimum absolute atomic E-state index is 0.329. The Hall–Kier alpha value is -0.490. The topological polar surface area (TPSA) is 60.2 Å². The number of rotatable bonds is 4. The van der Waals surface area contributed by atoms with Crippen molar-refractivity contribution < 1.29 is 4.74 Å². The van der Waals surface area contributed by atoms with E-state index in [2.05, 4.69) is 10.4 Å². The average Bonchev–Trinajstić information content (AvgIpc) is 3.02. The van der Waals surface area contributed by atoms with Crippen LogP contribution in [0, 0.1) is 5.92 Å². The summed E-state index contributed by atoms with van der Waals surface area (Å²) >= 11 is 1.70. The van der Waals surface area contributed by atoms with Crippen molar-refractivity contribution in [3.05, 3.63) is 16.6 Å². The van der Waals surface area contributed by atoms with Gasteiger partial charge >= 0.3 is 0 Å². The first-order chi connectivity index (χ1) is 7.86. The Balaban J connectivity index is 1.67. The molecule has 4 nitrogen and oxygen atoms in total. The zero-order valence-corrected chi connectivity index (χ0v) is 9.95. The quantitative estimate of drug-likeness (QED) is 0.610. The molecule has 0 radical (unpaired) electrons. The molecule has 3 N–H and O–H groups in total. The molecule has 2 fully saturated rings. The standard InChI is InChI=1S/C11H17N3OS/c12-14-10(4-8-5-13-6-16-8)9-3-7-1-2-11(9)15-7/h5-7,9-11,14H,1-4,12H2. The third kappa shape index (κ3) is 1.88. The molecule has 3 rings (SSSR count). The number of hydrogen-bond donors (Lipinski definition) is 2. The van der Waals surface area contributed by atoms with E-state index in [4.69, 9.17) is 10.6 Å². The molecule has 4 unspecified atom stereocenters. The van der Waals surface area contributed by atoms with Crippen LogP contribution in [0.4, 0.5) is 0 Å². The molecule has 1 aromatic rings. The molecule has 0 aromatic carbocycles. The van der Waals surface area contributed by atoms with Crippen molar-refractivity contribution in [2.45, 2.75) is 43.9 Å². The van der Waals surface area contributed by atoms with Crippen LogP contribution in [0.25, 0.3) is 0 Å². The lowest BCUT2D eigenvalue weighted by Gasteiger charge is -2.27. The molecule has 2 bridgehead atoms. The molecule has 88 valence electrons. The van der Waals surface area contributed by atoms with Gasteiger partial charge < -0.3 is 4.74 Å². The maximum Gasteiger partial charge on any atom is 0.0794 e. The lowest BCUT2D eigenvalue weighted by atomic mass is 9.83. The Morgan fingerprint density at radius 1 is 1.62 bits per heavy atom. The second kappa shape index (κ2) is 4.41. The molecule has 4 atom stereocenters. The van der Waals surface area contributed by atoms with Crippen molar-refractivity contribution in [1.29, 1.82) is 0 Å². The number of aromatic nitrogens is 1. The van der Waals surface area contributed by atoms with Gasteiger partial charge in [-0.1, -0.05) is 0 Å². The van der Waals surface area contributed by atoms with Gasteiger partial charge in [-0.15, -0.1) is 11.3 Å². The number of nitrogens with two attached hydrogens (primary N) is 1. The van der Waals surface area contributed by atoms with E-state index in [0.717, 1.165) is 6.42 Å². The maximum absolute atomic E-state index is 5.88. The summed E-state index contributed by atoms with van der Waals surface area (Å²) in [5, 5.41) is 0. The van der Waals surface area contributed by atoms with Gasteiger partial charge in [0, 0.05) is 29.5 Å². The van der Waals surface area contributed by atoms with Gasteiger partial charge in [-0.25, -0.2) is 0 Å². The predicted molar refractivity (Wildman–Crippen MR) is 62.9 cm³/mol. The highest BCUT2D eigenvalue weighted by Gasteiger charge is 2.44. The van der Waals surface area contributed by atoms with Crippen LogP contribution in [-0.4, -0.2) is 23.2 Å². The Labute approximate surface area is 99.2 Å². The minimum atomic E-state index is 0.329. The van der Waals surface area contributed by atoms with Gasteiger partial charge in [0.25, 0.3) is 0 Å². The zero-order chi connectivity index (χ0) is 11.0. The van der Waals surface area contributed by atoms with Gasteiger partial charge in [0.15, 0.2) is 0 Å². The molecule has 0 amide bonds. The smallest absolute Gasteiger partial charge is 0.0794 e. The Morgan fingerprint density at radius 3 is 3.12 bits per heavy atom. The van der Waals surface area contributed by atoms with Crippen LogP contribution in [-0.2, 0) is 11.2 Å². The summed E-state index contributed by atoms with van der Waals surface area (Å²) in [7, 11) is 0. The van der Waals surface area contributed by atoms with E-state index >= 15 is 0 Å². The summed E-state index contributed by atoms with van der Waals surface area (Å²) in [5.74, 6) is 6.25. The van der Waals surface area contributed by atoms with Crippen LogP contribution in [0.5, 0.6) is 0 Å². The Morgan fingerprint density at radius 2 is 2.56 bits per heavy atom. The molecule has 5 heteroatoms. The molecule has 0 aliphatic carbocycles. The molecule has 0 spiro atoms. The van der Waals surface area contributed by atoms with Crippen molar-refractivity contribution in [3.63, 3.8) is 0 Å². The van der Waals surface area contributed by atoms with Gasteiger partial charge in [0.1, 0.15) is 0 Å². The highest BCUT2D eigenvalue weighted by Crippen LogP contribution is 2.40. The maximum atomic E-state index is 5.88. The lowest BCUT2D eigenvalue weighted by Crippen LogP contribution is -2.45. The summed E-state index contributed by atoms with van der Waals surface area (Å²) in [6, 6.07) is 0.329. The number of nitrogens with one attached hydrogen (secondary N) is 1. The molecule has 0 saturated carbocycles. The normalized spacial score (nSPS) is 34.4. The number of ether oxygens (including phenoxy) is 1. The number of nitrogens with zero attached hydrogens (tertiary/aromatic N) is 1. The molecule has 2 aliphatic rings. The largest absolute Gasteiger partial charge is 0.375 e. The van der Waals surface area contributed by atoms with Crippen LogP contribution in [0.1, 0.15) is 24.1 Å². The third-order valence-corrected chi connectivity index (χ3v) is 4.59. The fourth-order valence-electron chi connectivity index (χ4n) is 2.99. The molecule has 3 heterocycles. The Bertz CT molecular complexity index is 343. The van der Waals surface area contributed by atoms with Crippen molar-refractivity contribution in [2.75, 3.05) is 0 Å². The molecular formula is C11H17N3OS. The molecular weight excluding hydrogens is 222 g/mol. The molecule has 16 heavy (non-hydrogen) atoms. The molecule has 2 aliphatic heterocycles. The predicted octanol–water partition coefficient (Wildman–Crippen LogP) is 1.08.